The highest BCUT2D eigenvalue weighted by atomic mass is 35.5. The number of hydrogen-bond donors (Lipinski definition) is 0. The SMILES string of the molecule is COc1ccccc1OCc1nc2ccccc2n1CC(C)C.Cl. The summed E-state index contributed by atoms with van der Waals surface area (Å²) in [5.41, 5.74) is 2.16. The number of ether oxygens (including phenoxy) is 2. The van der Waals surface area contributed by atoms with Crippen LogP contribution in [-0.2, 0) is 13.2 Å². The lowest BCUT2D eigenvalue weighted by molar-refractivity contribution is 0.270. The molecule has 0 N–H and O–H groups in total. The van der Waals surface area contributed by atoms with Gasteiger partial charge in [-0.1, -0.05) is 38.1 Å². The van der Waals surface area contributed by atoms with Gasteiger partial charge in [0.1, 0.15) is 12.4 Å². The van der Waals surface area contributed by atoms with Crippen LogP contribution in [0.1, 0.15) is 19.7 Å². The lowest BCUT2D eigenvalue weighted by atomic mass is 10.2. The number of methoxy groups -OCH3 is 1. The van der Waals surface area contributed by atoms with Crippen molar-refractivity contribution >= 4 is 23.4 Å². The summed E-state index contributed by atoms with van der Waals surface area (Å²) >= 11 is 0. The van der Waals surface area contributed by atoms with E-state index in [1.54, 1.807) is 7.11 Å². The topological polar surface area (TPSA) is 36.3 Å². The fraction of sp³-hybridized carbons (Fsp3) is 0.316. The van der Waals surface area contributed by atoms with E-state index >= 15 is 0 Å². The molecule has 3 aromatic rings. The van der Waals surface area contributed by atoms with Gasteiger partial charge in [-0.05, 0) is 30.2 Å². The number of fused-ring (bicyclic) bond motifs is 1. The highest BCUT2D eigenvalue weighted by Gasteiger charge is 2.13. The second-order valence-electron chi connectivity index (χ2n) is 5.96. The van der Waals surface area contributed by atoms with Crippen LogP contribution in [0.25, 0.3) is 11.0 Å². The van der Waals surface area contributed by atoms with Crippen molar-refractivity contribution in [3.8, 4) is 11.5 Å². The molecule has 0 unspecified atom stereocenters. The minimum atomic E-state index is 0. The molecule has 2 aromatic carbocycles. The molecule has 0 atom stereocenters. The van der Waals surface area contributed by atoms with Crippen LogP contribution in [0.2, 0.25) is 0 Å². The number of halogens is 1. The van der Waals surface area contributed by atoms with Gasteiger partial charge in [0.05, 0.1) is 18.1 Å². The fourth-order valence-corrected chi connectivity index (χ4v) is 2.68. The summed E-state index contributed by atoms with van der Waals surface area (Å²) in [6, 6.07) is 15.9. The van der Waals surface area contributed by atoms with Crippen LogP contribution in [0.5, 0.6) is 11.5 Å². The first-order valence-electron chi connectivity index (χ1n) is 7.89. The van der Waals surface area contributed by atoms with Crippen molar-refractivity contribution in [2.45, 2.75) is 27.0 Å². The maximum atomic E-state index is 5.96. The number of benzene rings is 2. The monoisotopic (exact) mass is 346 g/mol. The molecule has 0 saturated heterocycles. The van der Waals surface area contributed by atoms with Gasteiger partial charge in [-0.25, -0.2) is 4.98 Å². The van der Waals surface area contributed by atoms with E-state index in [-0.39, 0.29) is 12.4 Å². The average molecular weight is 347 g/mol. The molecule has 0 fully saturated rings. The molecule has 128 valence electrons. The average Bonchev–Trinajstić information content (AvgIpc) is 2.90. The first-order chi connectivity index (χ1) is 11.2. The molecule has 24 heavy (non-hydrogen) atoms. The van der Waals surface area contributed by atoms with E-state index in [4.69, 9.17) is 14.5 Å². The molecule has 1 heterocycles. The summed E-state index contributed by atoms with van der Waals surface area (Å²) in [4.78, 5) is 4.73. The van der Waals surface area contributed by atoms with Gasteiger partial charge in [-0.2, -0.15) is 0 Å². The summed E-state index contributed by atoms with van der Waals surface area (Å²) in [5.74, 6) is 2.94. The molecule has 0 radical (unpaired) electrons. The molecular weight excluding hydrogens is 324 g/mol. The Bertz CT molecular complexity index is 799. The van der Waals surface area contributed by atoms with Crippen molar-refractivity contribution in [2.24, 2.45) is 5.92 Å². The fourth-order valence-electron chi connectivity index (χ4n) is 2.68. The minimum Gasteiger partial charge on any atom is -0.493 e. The molecule has 0 saturated carbocycles. The van der Waals surface area contributed by atoms with Crippen LogP contribution in [-0.4, -0.2) is 16.7 Å². The third-order valence-electron chi connectivity index (χ3n) is 3.71. The molecule has 0 bridgehead atoms. The second kappa shape index (κ2) is 8.06. The highest BCUT2D eigenvalue weighted by Crippen LogP contribution is 2.27. The van der Waals surface area contributed by atoms with E-state index in [0.29, 0.717) is 12.5 Å². The van der Waals surface area contributed by atoms with Crippen molar-refractivity contribution in [1.29, 1.82) is 0 Å². The van der Waals surface area contributed by atoms with E-state index in [9.17, 15) is 0 Å². The third kappa shape index (κ3) is 3.82. The molecule has 1 aromatic heterocycles. The smallest absolute Gasteiger partial charge is 0.161 e. The summed E-state index contributed by atoms with van der Waals surface area (Å²) < 4.78 is 13.5. The van der Waals surface area contributed by atoms with Crippen LogP contribution in [0.15, 0.2) is 48.5 Å². The van der Waals surface area contributed by atoms with Crippen molar-refractivity contribution < 1.29 is 9.47 Å². The van der Waals surface area contributed by atoms with Crippen molar-refractivity contribution in [3.05, 3.63) is 54.4 Å². The number of rotatable bonds is 6. The number of para-hydroxylation sites is 4. The lowest BCUT2D eigenvalue weighted by Gasteiger charge is -2.13. The van der Waals surface area contributed by atoms with Crippen LogP contribution in [0.3, 0.4) is 0 Å². The van der Waals surface area contributed by atoms with Gasteiger partial charge in [-0.15, -0.1) is 12.4 Å². The summed E-state index contributed by atoms with van der Waals surface area (Å²) in [7, 11) is 1.65. The van der Waals surface area contributed by atoms with Crippen LogP contribution in [0.4, 0.5) is 0 Å². The first-order valence-corrected chi connectivity index (χ1v) is 7.89. The molecule has 0 spiro atoms. The number of imidazole rings is 1. The van der Waals surface area contributed by atoms with Crippen molar-refractivity contribution in [1.82, 2.24) is 9.55 Å². The van der Waals surface area contributed by atoms with Gasteiger partial charge in [0.2, 0.25) is 0 Å². The number of nitrogens with zero attached hydrogens (tertiary/aromatic N) is 2. The van der Waals surface area contributed by atoms with Gasteiger partial charge < -0.3 is 14.0 Å². The molecule has 0 aliphatic heterocycles. The lowest BCUT2D eigenvalue weighted by Crippen LogP contribution is -2.11. The Morgan fingerprint density at radius 2 is 1.67 bits per heavy atom. The molecule has 5 heteroatoms. The summed E-state index contributed by atoms with van der Waals surface area (Å²) in [6.45, 7) is 5.76. The Kier molecular flexibility index (Phi) is 6.10. The zero-order chi connectivity index (χ0) is 16.2. The maximum absolute atomic E-state index is 5.96. The molecular formula is C19H23ClN2O2. The Labute approximate surface area is 148 Å². The van der Waals surface area contributed by atoms with Gasteiger partial charge in [0, 0.05) is 6.54 Å². The van der Waals surface area contributed by atoms with Crippen LogP contribution < -0.4 is 9.47 Å². The zero-order valence-corrected chi connectivity index (χ0v) is 15.0. The Morgan fingerprint density at radius 1 is 1.00 bits per heavy atom. The largest absolute Gasteiger partial charge is 0.493 e. The highest BCUT2D eigenvalue weighted by molar-refractivity contribution is 5.85. The normalized spacial score (nSPS) is 10.7. The molecule has 0 aliphatic rings. The van der Waals surface area contributed by atoms with Gasteiger partial charge in [0.25, 0.3) is 0 Å². The molecule has 4 nitrogen and oxygen atoms in total. The Balaban J connectivity index is 0.00000208. The van der Waals surface area contributed by atoms with Crippen molar-refractivity contribution in [2.75, 3.05) is 7.11 Å². The number of hydrogen-bond acceptors (Lipinski definition) is 3. The van der Waals surface area contributed by atoms with Gasteiger partial charge in [-0.3, -0.25) is 0 Å². The number of aromatic nitrogens is 2. The van der Waals surface area contributed by atoms with E-state index in [1.165, 1.54) is 0 Å². The minimum absolute atomic E-state index is 0. The quantitative estimate of drug-likeness (QED) is 0.649. The van der Waals surface area contributed by atoms with Crippen molar-refractivity contribution in [3.63, 3.8) is 0 Å². The summed E-state index contributed by atoms with van der Waals surface area (Å²) in [6.07, 6.45) is 0. The second-order valence-corrected chi connectivity index (χ2v) is 5.96. The van der Waals surface area contributed by atoms with E-state index in [2.05, 4.69) is 24.5 Å². The Morgan fingerprint density at radius 3 is 2.38 bits per heavy atom. The predicted octanol–water partition coefficient (Wildman–Crippen LogP) is 4.70. The van der Waals surface area contributed by atoms with Crippen LogP contribution in [0, 0.1) is 5.92 Å². The first kappa shape index (κ1) is 18.1. The van der Waals surface area contributed by atoms with E-state index in [0.717, 1.165) is 34.9 Å². The van der Waals surface area contributed by atoms with Gasteiger partial charge in [0.15, 0.2) is 11.5 Å². The van der Waals surface area contributed by atoms with Crippen LogP contribution >= 0.6 is 12.4 Å². The Hall–Kier alpha value is -2.20. The van der Waals surface area contributed by atoms with E-state index < -0.39 is 0 Å². The van der Waals surface area contributed by atoms with E-state index in [1.807, 2.05) is 42.5 Å². The predicted molar refractivity (Wildman–Crippen MR) is 99.1 cm³/mol. The third-order valence-corrected chi connectivity index (χ3v) is 3.71. The molecule has 0 amide bonds. The molecule has 0 aliphatic carbocycles. The zero-order valence-electron chi connectivity index (χ0n) is 14.2. The standard InChI is InChI=1S/C19H22N2O2.ClH/c1-14(2)12-21-16-9-5-4-8-15(16)20-19(21)13-23-18-11-7-6-10-17(18)22-3;/h4-11,14H,12-13H2,1-3H3;1H. The molecule has 3 rings (SSSR count). The maximum Gasteiger partial charge on any atom is 0.161 e. The van der Waals surface area contributed by atoms with Gasteiger partial charge >= 0.3 is 0 Å². The summed E-state index contributed by atoms with van der Waals surface area (Å²) in [5, 5.41) is 0.